The Hall–Kier alpha value is -2.88. The second-order valence-corrected chi connectivity index (χ2v) is 6.27. The van der Waals surface area contributed by atoms with Crippen LogP contribution in [-0.4, -0.2) is 22.7 Å². The second-order valence-electron chi connectivity index (χ2n) is 6.27. The molecule has 0 saturated carbocycles. The fraction of sp³-hybridized carbons (Fsp3) is 0.273. The lowest BCUT2D eigenvalue weighted by Crippen LogP contribution is -2.01. The van der Waals surface area contributed by atoms with E-state index in [1.54, 1.807) is 6.07 Å². The van der Waals surface area contributed by atoms with E-state index in [0.29, 0.717) is 23.2 Å². The molecular weight excluding hydrogens is 326 g/mol. The maximum Gasteiger partial charge on any atom is 0.336 e. The van der Waals surface area contributed by atoms with E-state index >= 15 is 0 Å². The van der Waals surface area contributed by atoms with Gasteiger partial charge in [-0.3, -0.25) is 0 Å². The highest BCUT2D eigenvalue weighted by Gasteiger charge is 2.13. The zero-order valence-electron chi connectivity index (χ0n) is 15.2. The first kappa shape index (κ1) is 17.9. The summed E-state index contributed by atoms with van der Waals surface area (Å²) in [5, 5.41) is 10.4. The minimum atomic E-state index is -0.933. The van der Waals surface area contributed by atoms with Crippen molar-refractivity contribution in [2.45, 2.75) is 33.1 Å². The minimum Gasteiger partial charge on any atom is -0.494 e. The van der Waals surface area contributed by atoms with Crippen LogP contribution in [-0.2, 0) is 6.42 Å². The molecule has 0 unspecified atom stereocenters. The van der Waals surface area contributed by atoms with Crippen molar-refractivity contribution in [1.82, 2.24) is 4.98 Å². The number of aryl methyl sites for hydroxylation is 1. The van der Waals surface area contributed by atoms with Gasteiger partial charge in [-0.25, -0.2) is 9.78 Å². The lowest BCUT2D eigenvalue weighted by atomic mass is 10.0. The monoisotopic (exact) mass is 349 g/mol. The number of unbranched alkanes of at least 4 members (excludes halogenated alkanes) is 1. The molecule has 4 nitrogen and oxygen atoms in total. The lowest BCUT2D eigenvalue weighted by Gasteiger charge is -2.10. The topological polar surface area (TPSA) is 59.4 Å². The summed E-state index contributed by atoms with van der Waals surface area (Å²) in [7, 11) is 0. The van der Waals surface area contributed by atoms with Gasteiger partial charge in [0.1, 0.15) is 5.75 Å². The number of aromatic carboxylic acids is 1. The van der Waals surface area contributed by atoms with E-state index in [2.05, 4.69) is 11.9 Å². The van der Waals surface area contributed by atoms with Crippen LogP contribution < -0.4 is 4.74 Å². The number of rotatable bonds is 7. The Morgan fingerprint density at radius 3 is 2.50 bits per heavy atom. The third-order valence-electron chi connectivity index (χ3n) is 4.38. The van der Waals surface area contributed by atoms with Crippen LogP contribution in [0.3, 0.4) is 0 Å². The molecule has 0 aliphatic heterocycles. The fourth-order valence-corrected chi connectivity index (χ4v) is 3.02. The van der Waals surface area contributed by atoms with Gasteiger partial charge in [-0.15, -0.1) is 0 Å². The second kappa shape index (κ2) is 8.00. The first-order valence-electron chi connectivity index (χ1n) is 9.02. The average molecular weight is 349 g/mol. The zero-order valence-corrected chi connectivity index (χ0v) is 15.2. The van der Waals surface area contributed by atoms with Crippen LogP contribution in [0.1, 0.15) is 42.6 Å². The largest absolute Gasteiger partial charge is 0.494 e. The predicted octanol–water partition coefficient (Wildman–Crippen LogP) is 5.34. The summed E-state index contributed by atoms with van der Waals surface area (Å²) in [6, 6.07) is 15.1. The Balaban J connectivity index is 2.06. The molecule has 0 atom stereocenters. The molecule has 0 aliphatic carbocycles. The Morgan fingerprint density at radius 1 is 1.08 bits per heavy atom. The van der Waals surface area contributed by atoms with Crippen LogP contribution in [0.4, 0.5) is 0 Å². The number of ether oxygens (including phenoxy) is 1. The Morgan fingerprint density at radius 2 is 1.85 bits per heavy atom. The summed E-state index contributed by atoms with van der Waals surface area (Å²) in [6.45, 7) is 4.69. The first-order chi connectivity index (χ1) is 12.6. The van der Waals surface area contributed by atoms with Crippen LogP contribution in [0.25, 0.3) is 22.2 Å². The van der Waals surface area contributed by atoms with Gasteiger partial charge in [0.25, 0.3) is 0 Å². The van der Waals surface area contributed by atoms with Gasteiger partial charge in [-0.1, -0.05) is 19.4 Å². The zero-order chi connectivity index (χ0) is 18.5. The quantitative estimate of drug-likeness (QED) is 0.625. The van der Waals surface area contributed by atoms with Gasteiger partial charge in [0.15, 0.2) is 0 Å². The molecular formula is C22H23NO3. The van der Waals surface area contributed by atoms with E-state index in [1.807, 2.05) is 49.4 Å². The van der Waals surface area contributed by atoms with E-state index < -0.39 is 5.97 Å². The molecule has 2 aromatic carbocycles. The van der Waals surface area contributed by atoms with Crippen molar-refractivity contribution in [3.63, 3.8) is 0 Å². The summed E-state index contributed by atoms with van der Waals surface area (Å²) >= 11 is 0. The molecule has 0 aliphatic rings. The molecule has 1 heterocycles. The number of hydrogen-bond donors (Lipinski definition) is 1. The summed E-state index contributed by atoms with van der Waals surface area (Å²) in [5.74, 6) is -0.145. The number of carboxylic acid groups (broad SMARTS) is 1. The SMILES string of the molecule is CCCCc1ccc2nc(-c3ccc(OCC)cc3)cc(C(=O)O)c2c1. The van der Waals surface area contributed by atoms with E-state index in [0.717, 1.165) is 36.1 Å². The van der Waals surface area contributed by atoms with E-state index in [1.165, 1.54) is 0 Å². The maximum atomic E-state index is 11.8. The van der Waals surface area contributed by atoms with Crippen molar-refractivity contribution >= 4 is 16.9 Å². The molecule has 134 valence electrons. The van der Waals surface area contributed by atoms with Crippen LogP contribution in [0.2, 0.25) is 0 Å². The summed E-state index contributed by atoms with van der Waals surface area (Å²) in [6.07, 6.45) is 3.15. The fourth-order valence-electron chi connectivity index (χ4n) is 3.02. The van der Waals surface area contributed by atoms with Gasteiger partial charge in [0, 0.05) is 10.9 Å². The van der Waals surface area contributed by atoms with Crippen molar-refractivity contribution in [3.8, 4) is 17.0 Å². The van der Waals surface area contributed by atoms with Crippen LogP contribution >= 0.6 is 0 Å². The first-order valence-corrected chi connectivity index (χ1v) is 9.02. The molecule has 0 fully saturated rings. The van der Waals surface area contributed by atoms with Crippen molar-refractivity contribution < 1.29 is 14.6 Å². The minimum absolute atomic E-state index is 0.289. The molecule has 0 saturated heterocycles. The molecule has 0 spiro atoms. The van der Waals surface area contributed by atoms with Crippen molar-refractivity contribution in [3.05, 3.63) is 59.7 Å². The number of benzene rings is 2. The Labute approximate surface area is 153 Å². The molecule has 26 heavy (non-hydrogen) atoms. The number of hydrogen-bond acceptors (Lipinski definition) is 3. The highest BCUT2D eigenvalue weighted by atomic mass is 16.5. The van der Waals surface area contributed by atoms with E-state index in [-0.39, 0.29) is 5.56 Å². The van der Waals surface area contributed by atoms with E-state index in [9.17, 15) is 9.90 Å². The van der Waals surface area contributed by atoms with Crippen molar-refractivity contribution in [1.29, 1.82) is 0 Å². The number of fused-ring (bicyclic) bond motifs is 1. The smallest absolute Gasteiger partial charge is 0.336 e. The summed E-state index contributed by atoms with van der Waals surface area (Å²) in [4.78, 5) is 16.5. The van der Waals surface area contributed by atoms with Crippen LogP contribution in [0.5, 0.6) is 5.75 Å². The standard InChI is InChI=1S/C22H23NO3/c1-3-5-6-15-7-12-20-18(13-15)19(22(24)25)14-21(23-20)16-8-10-17(11-9-16)26-4-2/h7-14H,3-6H2,1-2H3,(H,24,25). The molecule has 0 radical (unpaired) electrons. The third kappa shape index (κ3) is 3.85. The summed E-state index contributed by atoms with van der Waals surface area (Å²) < 4.78 is 5.46. The van der Waals surface area contributed by atoms with Gasteiger partial charge in [-0.05, 0) is 67.8 Å². The molecule has 3 rings (SSSR count). The predicted molar refractivity (Wildman–Crippen MR) is 104 cm³/mol. The average Bonchev–Trinajstić information content (AvgIpc) is 2.66. The van der Waals surface area contributed by atoms with E-state index in [4.69, 9.17) is 4.74 Å². The van der Waals surface area contributed by atoms with Crippen molar-refractivity contribution in [2.24, 2.45) is 0 Å². The highest BCUT2D eigenvalue weighted by molar-refractivity contribution is 6.04. The third-order valence-corrected chi connectivity index (χ3v) is 4.38. The number of pyridine rings is 1. The number of carboxylic acids is 1. The van der Waals surface area contributed by atoms with Crippen LogP contribution in [0, 0.1) is 0 Å². The highest BCUT2D eigenvalue weighted by Crippen LogP contribution is 2.27. The van der Waals surface area contributed by atoms with Gasteiger partial charge in [-0.2, -0.15) is 0 Å². The summed E-state index contributed by atoms with van der Waals surface area (Å²) in [5.41, 5.74) is 3.66. The lowest BCUT2D eigenvalue weighted by molar-refractivity contribution is 0.0699. The number of carbonyl (C=O) groups is 1. The maximum absolute atomic E-state index is 11.8. The normalized spacial score (nSPS) is 10.8. The number of aromatic nitrogens is 1. The Kier molecular flexibility index (Phi) is 5.52. The molecule has 1 N–H and O–H groups in total. The van der Waals surface area contributed by atoms with Gasteiger partial charge in [0.2, 0.25) is 0 Å². The van der Waals surface area contributed by atoms with Gasteiger partial charge in [0.05, 0.1) is 23.4 Å². The Bertz CT molecular complexity index is 917. The molecule has 1 aromatic heterocycles. The molecule has 4 heteroatoms. The van der Waals surface area contributed by atoms with Gasteiger partial charge >= 0.3 is 5.97 Å². The molecule has 0 bridgehead atoms. The molecule has 0 amide bonds. The number of nitrogens with zero attached hydrogens (tertiary/aromatic N) is 1. The van der Waals surface area contributed by atoms with Gasteiger partial charge < -0.3 is 9.84 Å². The van der Waals surface area contributed by atoms with Crippen molar-refractivity contribution in [2.75, 3.05) is 6.61 Å². The van der Waals surface area contributed by atoms with Crippen LogP contribution in [0.15, 0.2) is 48.5 Å². The molecule has 3 aromatic rings.